The van der Waals surface area contributed by atoms with Crippen LogP contribution in [-0.2, 0) is 4.74 Å². The Balaban J connectivity index is 2.16. The van der Waals surface area contributed by atoms with E-state index in [1.54, 1.807) is 44.2 Å². The molecule has 6 heteroatoms. The maximum Gasteiger partial charge on any atom is 0.338 e. The van der Waals surface area contributed by atoms with Gasteiger partial charge in [0.2, 0.25) is 0 Å². The van der Waals surface area contributed by atoms with Crippen molar-refractivity contribution in [2.24, 2.45) is 0 Å². The molecule has 1 aromatic heterocycles. The maximum absolute atomic E-state index is 12.2. The fourth-order valence-electron chi connectivity index (χ4n) is 1.96. The van der Waals surface area contributed by atoms with Gasteiger partial charge >= 0.3 is 5.97 Å². The van der Waals surface area contributed by atoms with Gasteiger partial charge in [-0.1, -0.05) is 0 Å². The summed E-state index contributed by atoms with van der Waals surface area (Å²) < 4.78 is 4.88. The van der Waals surface area contributed by atoms with Gasteiger partial charge in [0.1, 0.15) is 5.56 Å². The highest BCUT2D eigenvalue weighted by molar-refractivity contribution is 6.05. The summed E-state index contributed by atoms with van der Waals surface area (Å²) in [6.07, 6.45) is 1.49. The Kier molecular flexibility index (Phi) is 4.73. The molecule has 0 aliphatic rings. The van der Waals surface area contributed by atoms with Crippen molar-refractivity contribution in [1.82, 2.24) is 4.98 Å². The minimum absolute atomic E-state index is 0.0666. The van der Waals surface area contributed by atoms with E-state index in [2.05, 4.69) is 10.3 Å². The molecule has 6 nitrogen and oxygen atoms in total. The number of hydrogen-bond donors (Lipinski definition) is 2. The van der Waals surface area contributed by atoms with E-state index >= 15 is 0 Å². The molecular formula is C16H16N2O4. The molecule has 0 saturated heterocycles. The molecule has 0 aliphatic carbocycles. The molecule has 0 aliphatic heterocycles. The van der Waals surface area contributed by atoms with Gasteiger partial charge in [0.05, 0.1) is 12.2 Å². The molecule has 0 radical (unpaired) electrons. The second-order valence-corrected chi connectivity index (χ2v) is 4.62. The maximum atomic E-state index is 12.2. The molecular weight excluding hydrogens is 284 g/mol. The van der Waals surface area contributed by atoms with Gasteiger partial charge in [-0.2, -0.15) is 0 Å². The summed E-state index contributed by atoms with van der Waals surface area (Å²) >= 11 is 0. The van der Waals surface area contributed by atoms with Crippen LogP contribution in [0.25, 0.3) is 0 Å². The molecule has 2 rings (SSSR count). The van der Waals surface area contributed by atoms with E-state index < -0.39 is 17.4 Å². The van der Waals surface area contributed by atoms with Crippen LogP contribution in [0.5, 0.6) is 0 Å². The number of nitrogens with one attached hydrogen (secondary N) is 2. The number of rotatable bonds is 4. The fourth-order valence-corrected chi connectivity index (χ4v) is 1.96. The van der Waals surface area contributed by atoms with Crippen LogP contribution in [-0.4, -0.2) is 23.5 Å². The molecule has 1 heterocycles. The second kappa shape index (κ2) is 6.71. The van der Waals surface area contributed by atoms with Gasteiger partial charge in [0.25, 0.3) is 11.5 Å². The van der Waals surface area contributed by atoms with Crippen LogP contribution < -0.4 is 10.9 Å². The topological polar surface area (TPSA) is 88.3 Å². The van der Waals surface area contributed by atoms with Crippen molar-refractivity contribution in [3.63, 3.8) is 0 Å². The molecule has 22 heavy (non-hydrogen) atoms. The smallest absolute Gasteiger partial charge is 0.338 e. The first-order valence-electron chi connectivity index (χ1n) is 6.79. The molecule has 0 atom stereocenters. The zero-order chi connectivity index (χ0) is 16.1. The number of hydrogen-bond acceptors (Lipinski definition) is 4. The van der Waals surface area contributed by atoms with Crippen LogP contribution >= 0.6 is 0 Å². The third kappa shape index (κ3) is 3.41. The molecule has 114 valence electrons. The molecule has 0 spiro atoms. The Labute approximate surface area is 127 Å². The third-order valence-corrected chi connectivity index (χ3v) is 3.05. The van der Waals surface area contributed by atoms with E-state index in [0.717, 1.165) is 0 Å². The number of benzene rings is 1. The lowest BCUT2D eigenvalue weighted by molar-refractivity contribution is 0.0526. The number of esters is 1. The summed E-state index contributed by atoms with van der Waals surface area (Å²) in [5.41, 5.74) is 1.09. The Morgan fingerprint density at radius 1 is 1.18 bits per heavy atom. The highest BCUT2D eigenvalue weighted by Crippen LogP contribution is 2.12. The molecule has 0 saturated carbocycles. The van der Waals surface area contributed by atoms with Crippen LogP contribution in [0.4, 0.5) is 5.69 Å². The quantitative estimate of drug-likeness (QED) is 0.846. The van der Waals surface area contributed by atoms with Gasteiger partial charge in [0.15, 0.2) is 0 Å². The van der Waals surface area contributed by atoms with Crippen molar-refractivity contribution < 1.29 is 14.3 Å². The van der Waals surface area contributed by atoms with Crippen molar-refractivity contribution in [2.45, 2.75) is 13.8 Å². The number of aromatic nitrogens is 1. The van der Waals surface area contributed by atoms with Gasteiger partial charge in [-0.3, -0.25) is 9.59 Å². The third-order valence-electron chi connectivity index (χ3n) is 3.05. The second-order valence-electron chi connectivity index (χ2n) is 4.62. The van der Waals surface area contributed by atoms with Gasteiger partial charge in [-0.15, -0.1) is 0 Å². The van der Waals surface area contributed by atoms with Crippen LogP contribution in [0.3, 0.4) is 0 Å². The standard InChI is InChI=1S/C16H16N2O4/c1-3-22-16(21)11-4-6-12(7-5-11)18-15(20)13-10(2)8-9-17-14(13)19/h4-9H,3H2,1-2H3,(H,17,19)(H,18,20). The monoisotopic (exact) mass is 300 g/mol. The van der Waals surface area contributed by atoms with Crippen LogP contribution in [0.2, 0.25) is 0 Å². The summed E-state index contributed by atoms with van der Waals surface area (Å²) in [6, 6.07) is 7.92. The van der Waals surface area contributed by atoms with Crippen LogP contribution in [0.15, 0.2) is 41.3 Å². The number of carbonyl (C=O) groups is 2. The number of ether oxygens (including phenoxy) is 1. The normalized spacial score (nSPS) is 10.1. The van der Waals surface area contributed by atoms with E-state index in [1.165, 1.54) is 6.20 Å². The summed E-state index contributed by atoms with van der Waals surface area (Å²) in [5.74, 6) is -0.918. The number of carbonyl (C=O) groups excluding carboxylic acids is 2. The average molecular weight is 300 g/mol. The van der Waals surface area contributed by atoms with Crippen molar-refractivity contribution in [3.8, 4) is 0 Å². The summed E-state index contributed by atoms with van der Waals surface area (Å²) in [4.78, 5) is 37.9. The SMILES string of the molecule is CCOC(=O)c1ccc(NC(=O)c2c(C)cc[nH]c2=O)cc1. The number of aryl methyl sites for hydroxylation is 1. The minimum Gasteiger partial charge on any atom is -0.462 e. The molecule has 2 N–H and O–H groups in total. The Hall–Kier alpha value is -2.89. The lowest BCUT2D eigenvalue weighted by atomic mass is 10.1. The van der Waals surface area contributed by atoms with Crippen molar-refractivity contribution >= 4 is 17.6 Å². The van der Waals surface area contributed by atoms with E-state index in [-0.39, 0.29) is 5.56 Å². The van der Waals surface area contributed by atoms with Crippen LogP contribution in [0.1, 0.15) is 33.2 Å². The van der Waals surface area contributed by atoms with Gasteiger partial charge < -0.3 is 15.0 Å². The van der Waals surface area contributed by atoms with Gasteiger partial charge in [0, 0.05) is 11.9 Å². The van der Waals surface area contributed by atoms with Crippen LogP contribution in [0, 0.1) is 6.92 Å². The predicted molar refractivity (Wildman–Crippen MR) is 82.2 cm³/mol. The predicted octanol–water partition coefficient (Wildman–Crippen LogP) is 2.11. The summed E-state index contributed by atoms with van der Waals surface area (Å²) in [5, 5.41) is 2.63. The number of anilines is 1. The Bertz CT molecular complexity index is 747. The zero-order valence-corrected chi connectivity index (χ0v) is 12.3. The lowest BCUT2D eigenvalue weighted by Gasteiger charge is -2.07. The first-order chi connectivity index (χ1) is 10.5. The average Bonchev–Trinajstić information content (AvgIpc) is 2.48. The Morgan fingerprint density at radius 3 is 2.45 bits per heavy atom. The molecule has 2 aromatic rings. The number of amides is 1. The van der Waals surface area contributed by atoms with Crippen molar-refractivity contribution in [1.29, 1.82) is 0 Å². The molecule has 1 amide bonds. The highest BCUT2D eigenvalue weighted by Gasteiger charge is 2.14. The lowest BCUT2D eigenvalue weighted by Crippen LogP contribution is -2.24. The molecule has 1 aromatic carbocycles. The number of pyridine rings is 1. The fraction of sp³-hybridized carbons (Fsp3) is 0.188. The largest absolute Gasteiger partial charge is 0.462 e. The first kappa shape index (κ1) is 15.5. The van der Waals surface area contributed by atoms with E-state index in [9.17, 15) is 14.4 Å². The highest BCUT2D eigenvalue weighted by atomic mass is 16.5. The van der Waals surface area contributed by atoms with E-state index in [4.69, 9.17) is 4.74 Å². The van der Waals surface area contributed by atoms with Gasteiger partial charge in [-0.25, -0.2) is 4.79 Å². The number of H-pyrrole nitrogens is 1. The Morgan fingerprint density at radius 2 is 1.86 bits per heavy atom. The van der Waals surface area contributed by atoms with Gasteiger partial charge in [-0.05, 0) is 49.7 Å². The minimum atomic E-state index is -0.497. The van der Waals surface area contributed by atoms with Crippen molar-refractivity contribution in [2.75, 3.05) is 11.9 Å². The summed E-state index contributed by atoms with van der Waals surface area (Å²) in [7, 11) is 0. The van der Waals surface area contributed by atoms with Crippen molar-refractivity contribution in [3.05, 3.63) is 63.6 Å². The van der Waals surface area contributed by atoms with E-state index in [1.807, 2.05) is 0 Å². The zero-order valence-electron chi connectivity index (χ0n) is 12.3. The number of aromatic amines is 1. The molecule has 0 unspecified atom stereocenters. The van der Waals surface area contributed by atoms with E-state index in [0.29, 0.717) is 23.4 Å². The molecule has 0 bridgehead atoms. The first-order valence-corrected chi connectivity index (χ1v) is 6.79. The molecule has 0 fully saturated rings. The summed E-state index contributed by atoms with van der Waals surface area (Å²) in [6.45, 7) is 3.72.